The third-order valence-electron chi connectivity index (χ3n) is 13.1. The van der Waals surface area contributed by atoms with Crippen LogP contribution in [0, 0.1) is 0 Å². The molecule has 0 radical (unpaired) electrons. The van der Waals surface area contributed by atoms with Crippen LogP contribution in [0.2, 0.25) is 0 Å². The molecule has 378 valence electrons. The predicted molar refractivity (Wildman–Crippen MR) is 270 cm³/mol. The highest BCUT2D eigenvalue weighted by Gasteiger charge is 2.24. The van der Waals surface area contributed by atoms with E-state index >= 15 is 0 Å². The number of rotatable bonds is 52. The van der Waals surface area contributed by atoms with Gasteiger partial charge in [0.25, 0.3) is 7.82 Å². The Bertz CT molecular complexity index is 994. The zero-order valence-corrected chi connectivity index (χ0v) is 44.0. The van der Waals surface area contributed by atoms with E-state index in [1.807, 2.05) is 21.1 Å². The van der Waals surface area contributed by atoms with Crippen LogP contribution in [0.5, 0.6) is 0 Å². The Balaban J connectivity index is 4.08. The van der Waals surface area contributed by atoms with Gasteiger partial charge in [0.15, 0.2) is 0 Å². The van der Waals surface area contributed by atoms with Crippen molar-refractivity contribution in [3.05, 3.63) is 0 Å². The fourth-order valence-corrected chi connectivity index (χ4v) is 9.41. The summed E-state index contributed by atoms with van der Waals surface area (Å²) in [6.07, 6.45) is 54.2. The minimum atomic E-state index is -4.56. The monoisotopic (exact) mass is 915 g/mol. The molecule has 1 amide bonds. The second-order valence-electron chi connectivity index (χ2n) is 20.7. The summed E-state index contributed by atoms with van der Waals surface area (Å²) in [6.45, 7) is 4.77. The largest absolute Gasteiger partial charge is 0.756 e. The van der Waals surface area contributed by atoms with Crippen LogP contribution in [0.4, 0.5) is 0 Å². The highest BCUT2D eigenvalue weighted by Crippen LogP contribution is 2.38. The van der Waals surface area contributed by atoms with Gasteiger partial charge in [0, 0.05) is 6.42 Å². The van der Waals surface area contributed by atoms with E-state index in [1.54, 1.807) is 0 Å². The minimum absolute atomic E-state index is 0.0165. The first-order chi connectivity index (χ1) is 30.5. The van der Waals surface area contributed by atoms with Crippen molar-refractivity contribution < 1.29 is 32.9 Å². The van der Waals surface area contributed by atoms with Gasteiger partial charge in [-0.3, -0.25) is 9.36 Å². The summed E-state index contributed by atoms with van der Waals surface area (Å²) in [5, 5.41) is 14.0. The lowest BCUT2D eigenvalue weighted by atomic mass is 10.0. The van der Waals surface area contributed by atoms with E-state index in [2.05, 4.69) is 19.2 Å². The Morgan fingerprint density at radius 1 is 0.492 bits per heavy atom. The van der Waals surface area contributed by atoms with E-state index in [9.17, 15) is 19.4 Å². The smallest absolute Gasteiger partial charge is 0.268 e. The van der Waals surface area contributed by atoms with Crippen LogP contribution in [0.25, 0.3) is 0 Å². The van der Waals surface area contributed by atoms with Crippen LogP contribution in [-0.4, -0.2) is 68.5 Å². The van der Waals surface area contributed by atoms with Crippen molar-refractivity contribution in [2.24, 2.45) is 0 Å². The summed E-state index contributed by atoms with van der Waals surface area (Å²) in [4.78, 5) is 25.5. The van der Waals surface area contributed by atoms with Gasteiger partial charge in [0.1, 0.15) is 13.2 Å². The molecule has 1 unspecified atom stereocenters. The van der Waals surface area contributed by atoms with Gasteiger partial charge in [-0.25, -0.2) is 0 Å². The number of amides is 1. The van der Waals surface area contributed by atoms with E-state index in [1.165, 1.54) is 225 Å². The Hall–Kier alpha value is -0.500. The van der Waals surface area contributed by atoms with Gasteiger partial charge in [0.2, 0.25) is 5.91 Å². The van der Waals surface area contributed by atoms with Gasteiger partial charge in [-0.05, 0) is 12.8 Å². The molecule has 0 spiro atoms. The first-order valence-corrected chi connectivity index (χ1v) is 29.3. The molecule has 0 heterocycles. The molecular weight excluding hydrogens is 804 g/mol. The first-order valence-electron chi connectivity index (χ1n) is 27.9. The molecule has 0 fully saturated rings. The van der Waals surface area contributed by atoms with Gasteiger partial charge < -0.3 is 28.8 Å². The Kier molecular flexibility index (Phi) is 46.2. The van der Waals surface area contributed by atoms with Crippen molar-refractivity contribution in [2.75, 3.05) is 40.9 Å². The Labute approximate surface area is 393 Å². The first kappa shape index (κ1) is 62.5. The van der Waals surface area contributed by atoms with E-state index in [4.69, 9.17) is 9.05 Å². The number of likely N-dealkylation sites (N-methyl/N-ethyl adjacent to an activating group) is 1. The fraction of sp³-hybridized carbons (Fsp3) is 0.981. The average molecular weight is 915 g/mol. The third-order valence-corrected chi connectivity index (χ3v) is 14.1. The standard InChI is InChI=1S/C54H111N2O6P/c1-6-8-10-12-14-16-18-20-22-23-24-25-26-27-28-29-30-31-32-34-36-38-40-42-44-46-48-54(58)55-52(51-62-63(59,60)61-50-49-56(3,4)5)53(57)47-45-43-41-39-37-35-33-21-19-17-15-13-11-9-7-2/h52-53,57H,6-51H2,1-5H3,(H-,55,58,59,60)/t52-,53+/m0/s1. The molecule has 63 heavy (non-hydrogen) atoms. The topological polar surface area (TPSA) is 108 Å². The van der Waals surface area contributed by atoms with Gasteiger partial charge in [-0.2, -0.15) is 0 Å². The minimum Gasteiger partial charge on any atom is -0.756 e. The molecule has 0 aromatic rings. The van der Waals surface area contributed by atoms with Crippen molar-refractivity contribution in [3.8, 4) is 0 Å². The summed E-state index contributed by atoms with van der Waals surface area (Å²) < 4.78 is 23.4. The maximum absolute atomic E-state index is 13.0. The molecule has 9 heteroatoms. The lowest BCUT2D eigenvalue weighted by Gasteiger charge is -2.30. The summed E-state index contributed by atoms with van der Waals surface area (Å²) in [7, 11) is 1.32. The van der Waals surface area contributed by atoms with E-state index in [-0.39, 0.29) is 19.1 Å². The maximum Gasteiger partial charge on any atom is 0.268 e. The number of nitrogens with zero attached hydrogens (tertiary/aromatic N) is 1. The molecule has 0 saturated carbocycles. The molecule has 0 aromatic heterocycles. The molecule has 3 atom stereocenters. The second-order valence-corrected chi connectivity index (χ2v) is 22.1. The van der Waals surface area contributed by atoms with Gasteiger partial charge >= 0.3 is 0 Å². The SMILES string of the molecule is CCCCCCCCCCCCCCCCCCCCCCCCCCCCC(=O)N[C@@H](COP(=O)([O-])OCC[N+](C)(C)C)[C@H](O)CCCCCCCCCCCCCCCCC. The molecule has 0 aliphatic heterocycles. The van der Waals surface area contributed by atoms with E-state index < -0.39 is 20.0 Å². The number of carbonyl (C=O) groups excluding carboxylic acids is 1. The van der Waals surface area contributed by atoms with Crippen molar-refractivity contribution >= 4 is 13.7 Å². The molecule has 0 aliphatic rings. The summed E-state index contributed by atoms with van der Waals surface area (Å²) in [5.41, 5.74) is 0. The maximum atomic E-state index is 13.0. The van der Waals surface area contributed by atoms with E-state index in [0.29, 0.717) is 23.9 Å². The lowest BCUT2D eigenvalue weighted by molar-refractivity contribution is -0.870. The Morgan fingerprint density at radius 2 is 0.778 bits per heavy atom. The quantitative estimate of drug-likeness (QED) is 0.0357. The molecule has 0 aromatic carbocycles. The highest BCUT2D eigenvalue weighted by molar-refractivity contribution is 7.45. The van der Waals surface area contributed by atoms with Crippen molar-refractivity contribution in [1.82, 2.24) is 5.32 Å². The van der Waals surface area contributed by atoms with Crippen LogP contribution < -0.4 is 10.2 Å². The molecule has 8 nitrogen and oxygen atoms in total. The predicted octanol–water partition coefficient (Wildman–Crippen LogP) is 15.9. The number of hydrogen-bond donors (Lipinski definition) is 2. The van der Waals surface area contributed by atoms with Gasteiger partial charge in [-0.15, -0.1) is 0 Å². The summed E-state index contributed by atoms with van der Waals surface area (Å²) in [5.74, 6) is -0.157. The second kappa shape index (κ2) is 46.6. The van der Waals surface area contributed by atoms with E-state index in [0.717, 1.165) is 38.5 Å². The number of nitrogens with one attached hydrogen (secondary N) is 1. The summed E-state index contributed by atoms with van der Waals surface area (Å²) >= 11 is 0. The molecular formula is C54H111N2O6P. The number of hydrogen-bond acceptors (Lipinski definition) is 6. The number of unbranched alkanes of at least 4 members (excludes halogenated alkanes) is 39. The van der Waals surface area contributed by atoms with Crippen molar-refractivity contribution in [2.45, 2.75) is 302 Å². The molecule has 0 bridgehead atoms. The number of aliphatic hydroxyl groups excluding tert-OH is 1. The van der Waals surface area contributed by atoms with Crippen LogP contribution >= 0.6 is 7.82 Å². The third kappa shape index (κ3) is 49.2. The van der Waals surface area contributed by atoms with Crippen LogP contribution in [0.3, 0.4) is 0 Å². The zero-order valence-electron chi connectivity index (χ0n) is 43.1. The number of quaternary nitrogens is 1. The van der Waals surface area contributed by atoms with Crippen LogP contribution in [-0.2, 0) is 18.4 Å². The molecule has 2 N–H and O–H groups in total. The fourth-order valence-electron chi connectivity index (χ4n) is 8.69. The van der Waals surface area contributed by atoms with Crippen molar-refractivity contribution in [3.63, 3.8) is 0 Å². The lowest BCUT2D eigenvalue weighted by Crippen LogP contribution is -2.46. The Morgan fingerprint density at radius 3 is 1.08 bits per heavy atom. The van der Waals surface area contributed by atoms with Gasteiger partial charge in [0.05, 0.1) is 39.9 Å². The van der Waals surface area contributed by atoms with Crippen LogP contribution in [0.1, 0.15) is 290 Å². The average Bonchev–Trinajstić information content (AvgIpc) is 3.24. The normalized spacial score (nSPS) is 14.0. The number of phosphoric ester groups is 1. The highest BCUT2D eigenvalue weighted by atomic mass is 31.2. The number of phosphoric acid groups is 1. The van der Waals surface area contributed by atoms with Gasteiger partial charge in [-0.1, -0.05) is 271 Å². The molecule has 0 saturated heterocycles. The summed E-state index contributed by atoms with van der Waals surface area (Å²) in [6, 6.07) is -0.794. The van der Waals surface area contributed by atoms with Crippen LogP contribution in [0.15, 0.2) is 0 Å². The molecule has 0 rings (SSSR count). The number of carbonyl (C=O) groups is 1. The van der Waals surface area contributed by atoms with Crippen molar-refractivity contribution in [1.29, 1.82) is 0 Å². The zero-order chi connectivity index (χ0) is 46.4. The molecule has 0 aliphatic carbocycles. The number of aliphatic hydroxyl groups is 1.